The smallest absolute Gasteiger partial charge is 0.336 e. The number of aromatic nitrogens is 2. The van der Waals surface area contributed by atoms with E-state index in [1.165, 1.54) is 0 Å². The summed E-state index contributed by atoms with van der Waals surface area (Å²) in [4.78, 5) is 28.8. The van der Waals surface area contributed by atoms with E-state index < -0.39 is 5.97 Å². The van der Waals surface area contributed by atoms with Gasteiger partial charge in [0, 0.05) is 34.0 Å². The number of imidazole rings is 1. The lowest BCUT2D eigenvalue weighted by atomic mass is 9.99. The lowest BCUT2D eigenvalue weighted by Gasteiger charge is -2.27. The second-order valence-electron chi connectivity index (χ2n) is 9.12. The van der Waals surface area contributed by atoms with Crippen LogP contribution >= 0.6 is 0 Å². The molecule has 0 fully saturated rings. The van der Waals surface area contributed by atoms with Crippen molar-refractivity contribution in [2.24, 2.45) is 0 Å². The SMILES string of the molecule is CCCCc1nc2ccc(N(C(C)=O)N(C)C)cc2n1Cc1ccc(-c2ccccc2C(=O)O)cc1. The maximum atomic E-state index is 12.3. The number of anilines is 1. The number of hydrogen-bond donors (Lipinski definition) is 1. The molecule has 1 aromatic heterocycles. The highest BCUT2D eigenvalue weighted by Gasteiger charge is 2.18. The number of carboxylic acid groups (broad SMARTS) is 1. The number of benzene rings is 3. The van der Waals surface area contributed by atoms with Gasteiger partial charge in [0.15, 0.2) is 0 Å². The molecule has 7 heteroatoms. The molecule has 0 saturated heterocycles. The number of rotatable bonds is 9. The van der Waals surface area contributed by atoms with Gasteiger partial charge in [-0.3, -0.25) is 4.79 Å². The van der Waals surface area contributed by atoms with Gasteiger partial charge in [0.05, 0.1) is 22.3 Å². The molecule has 186 valence electrons. The number of carboxylic acids is 1. The van der Waals surface area contributed by atoms with Gasteiger partial charge < -0.3 is 9.67 Å². The van der Waals surface area contributed by atoms with Crippen molar-refractivity contribution in [3.8, 4) is 11.1 Å². The van der Waals surface area contributed by atoms with Gasteiger partial charge in [-0.2, -0.15) is 0 Å². The molecule has 36 heavy (non-hydrogen) atoms. The summed E-state index contributed by atoms with van der Waals surface area (Å²) in [5, 5.41) is 13.0. The maximum absolute atomic E-state index is 12.3. The van der Waals surface area contributed by atoms with E-state index in [-0.39, 0.29) is 11.5 Å². The Morgan fingerprint density at radius 1 is 1.00 bits per heavy atom. The zero-order valence-corrected chi connectivity index (χ0v) is 21.2. The molecular formula is C29H32N4O3. The van der Waals surface area contributed by atoms with E-state index in [9.17, 15) is 14.7 Å². The fourth-order valence-electron chi connectivity index (χ4n) is 4.58. The predicted molar refractivity (Wildman–Crippen MR) is 143 cm³/mol. The second-order valence-corrected chi connectivity index (χ2v) is 9.12. The molecule has 0 radical (unpaired) electrons. The number of unbranched alkanes of at least 4 members (excludes halogenated alkanes) is 1. The van der Waals surface area contributed by atoms with E-state index in [0.29, 0.717) is 12.1 Å². The fourth-order valence-corrected chi connectivity index (χ4v) is 4.58. The van der Waals surface area contributed by atoms with Crippen molar-refractivity contribution in [3.63, 3.8) is 0 Å². The second kappa shape index (κ2) is 10.7. The number of hydrazine groups is 1. The molecule has 4 aromatic rings. The van der Waals surface area contributed by atoms with E-state index in [0.717, 1.165) is 52.9 Å². The summed E-state index contributed by atoms with van der Waals surface area (Å²) < 4.78 is 2.22. The van der Waals surface area contributed by atoms with Crippen molar-refractivity contribution in [1.29, 1.82) is 0 Å². The average Bonchev–Trinajstić information content (AvgIpc) is 3.19. The first kappa shape index (κ1) is 25.1. The third kappa shape index (κ3) is 5.16. The maximum Gasteiger partial charge on any atom is 0.336 e. The highest BCUT2D eigenvalue weighted by Crippen LogP contribution is 2.28. The monoisotopic (exact) mass is 484 g/mol. The summed E-state index contributed by atoms with van der Waals surface area (Å²) in [6.45, 7) is 4.35. The first-order valence-corrected chi connectivity index (χ1v) is 12.2. The predicted octanol–water partition coefficient (Wildman–Crippen LogP) is 5.62. The van der Waals surface area contributed by atoms with Crippen LogP contribution in [0.1, 0.15) is 48.4 Å². The Bertz CT molecular complexity index is 1390. The number of carbonyl (C=O) groups excluding carboxylic acids is 1. The summed E-state index contributed by atoms with van der Waals surface area (Å²) in [6.07, 6.45) is 2.98. The Hall–Kier alpha value is -3.97. The molecule has 0 aliphatic heterocycles. The van der Waals surface area contributed by atoms with Crippen LogP contribution in [0.3, 0.4) is 0 Å². The van der Waals surface area contributed by atoms with E-state index in [2.05, 4.69) is 11.5 Å². The van der Waals surface area contributed by atoms with Crippen molar-refractivity contribution in [2.45, 2.75) is 39.7 Å². The zero-order valence-electron chi connectivity index (χ0n) is 21.2. The summed E-state index contributed by atoms with van der Waals surface area (Å²) in [5.41, 5.74) is 5.62. The quantitative estimate of drug-likeness (QED) is 0.312. The normalized spacial score (nSPS) is 11.2. The number of amides is 1. The first-order valence-electron chi connectivity index (χ1n) is 12.2. The standard InChI is InChI=1S/C29H32N4O3/c1-5-6-11-28-30-26-17-16-23(33(20(2)34)31(3)4)18-27(26)32(28)19-21-12-14-22(15-13-21)24-9-7-8-10-25(24)29(35)36/h7-10,12-18H,5-6,11,19H2,1-4H3,(H,35,36). The van der Waals surface area contributed by atoms with E-state index in [1.807, 2.05) is 68.7 Å². The molecule has 0 saturated carbocycles. The van der Waals surface area contributed by atoms with Gasteiger partial charge in [0.1, 0.15) is 5.82 Å². The minimum Gasteiger partial charge on any atom is -0.478 e. The van der Waals surface area contributed by atoms with Crippen LogP contribution in [0.25, 0.3) is 22.2 Å². The molecule has 1 N–H and O–H groups in total. The minimum absolute atomic E-state index is 0.0612. The largest absolute Gasteiger partial charge is 0.478 e. The number of aromatic carboxylic acids is 1. The van der Waals surface area contributed by atoms with Crippen LogP contribution in [0.4, 0.5) is 5.69 Å². The fraction of sp³-hybridized carbons (Fsp3) is 0.276. The summed E-state index contributed by atoms with van der Waals surface area (Å²) >= 11 is 0. The van der Waals surface area contributed by atoms with Gasteiger partial charge in [-0.25, -0.2) is 19.8 Å². The lowest BCUT2D eigenvalue weighted by molar-refractivity contribution is -0.118. The molecule has 7 nitrogen and oxygen atoms in total. The highest BCUT2D eigenvalue weighted by molar-refractivity contribution is 5.96. The van der Waals surface area contributed by atoms with Gasteiger partial charge >= 0.3 is 5.97 Å². The lowest BCUT2D eigenvalue weighted by Crippen LogP contribution is -2.40. The van der Waals surface area contributed by atoms with Crippen LogP contribution < -0.4 is 5.01 Å². The molecule has 0 unspecified atom stereocenters. The van der Waals surface area contributed by atoms with Crippen LogP contribution in [0.5, 0.6) is 0 Å². The summed E-state index contributed by atoms with van der Waals surface area (Å²) in [7, 11) is 3.69. The molecule has 0 aliphatic carbocycles. The van der Waals surface area contributed by atoms with Crippen LogP contribution in [-0.4, -0.2) is 45.6 Å². The van der Waals surface area contributed by atoms with Crippen LogP contribution in [0.2, 0.25) is 0 Å². The average molecular weight is 485 g/mol. The van der Waals surface area contributed by atoms with Gasteiger partial charge in [-0.05, 0) is 47.4 Å². The highest BCUT2D eigenvalue weighted by atomic mass is 16.4. The number of carbonyl (C=O) groups is 2. The number of fused-ring (bicyclic) bond motifs is 1. The molecule has 1 heterocycles. The van der Waals surface area contributed by atoms with Crippen LogP contribution in [0, 0.1) is 0 Å². The molecular weight excluding hydrogens is 452 g/mol. The topological polar surface area (TPSA) is 78.7 Å². The molecule has 0 spiro atoms. The van der Waals surface area contributed by atoms with E-state index >= 15 is 0 Å². The first-order chi connectivity index (χ1) is 17.3. The van der Waals surface area contributed by atoms with Crippen LogP contribution in [-0.2, 0) is 17.8 Å². The van der Waals surface area contributed by atoms with Crippen molar-refractivity contribution in [1.82, 2.24) is 14.6 Å². The Kier molecular flexibility index (Phi) is 7.50. The van der Waals surface area contributed by atoms with Crippen molar-refractivity contribution >= 4 is 28.6 Å². The molecule has 0 bridgehead atoms. The zero-order chi connectivity index (χ0) is 25.8. The molecule has 0 aliphatic rings. The summed E-state index contributed by atoms with van der Waals surface area (Å²) in [6, 6.07) is 21.0. The van der Waals surface area contributed by atoms with Crippen molar-refractivity contribution in [3.05, 3.63) is 83.7 Å². The number of hydrogen-bond acceptors (Lipinski definition) is 4. The molecule has 1 amide bonds. The molecule has 0 atom stereocenters. The van der Waals surface area contributed by atoms with Gasteiger partial charge in [0.25, 0.3) is 0 Å². The van der Waals surface area contributed by atoms with E-state index in [4.69, 9.17) is 4.98 Å². The number of aryl methyl sites for hydroxylation is 1. The minimum atomic E-state index is -0.937. The van der Waals surface area contributed by atoms with Gasteiger partial charge in [-0.15, -0.1) is 0 Å². The third-order valence-electron chi connectivity index (χ3n) is 6.27. The third-order valence-corrected chi connectivity index (χ3v) is 6.27. The van der Waals surface area contributed by atoms with Gasteiger partial charge in [0.2, 0.25) is 5.91 Å². The van der Waals surface area contributed by atoms with Crippen molar-refractivity contribution < 1.29 is 14.7 Å². The Morgan fingerprint density at radius 3 is 2.36 bits per heavy atom. The number of nitrogens with zero attached hydrogens (tertiary/aromatic N) is 4. The molecule has 4 rings (SSSR count). The van der Waals surface area contributed by atoms with E-state index in [1.54, 1.807) is 29.1 Å². The van der Waals surface area contributed by atoms with Gasteiger partial charge in [-0.1, -0.05) is 55.8 Å². The Balaban J connectivity index is 1.73. The van der Waals surface area contributed by atoms with Crippen LogP contribution in [0.15, 0.2) is 66.7 Å². The Labute approximate surface area is 211 Å². The summed E-state index contributed by atoms with van der Waals surface area (Å²) in [5.74, 6) is 0.0191. The Morgan fingerprint density at radius 2 is 1.72 bits per heavy atom. The van der Waals surface area contributed by atoms with Crippen molar-refractivity contribution in [2.75, 3.05) is 19.1 Å². The molecule has 3 aromatic carbocycles.